The minimum absolute atomic E-state index is 0.119. The number of urea groups is 1. The van der Waals surface area contributed by atoms with Crippen LogP contribution in [0.25, 0.3) is 10.9 Å². The van der Waals surface area contributed by atoms with E-state index in [1.165, 1.54) is 16.5 Å². The van der Waals surface area contributed by atoms with E-state index >= 15 is 0 Å². The molecule has 1 aliphatic rings. The first-order valence-electron chi connectivity index (χ1n) is 10.1. The van der Waals surface area contributed by atoms with Gasteiger partial charge in [0.1, 0.15) is 11.5 Å². The molecular weight excluding hydrogens is 380 g/mol. The van der Waals surface area contributed by atoms with Gasteiger partial charge in [0.2, 0.25) is 0 Å². The third-order valence-corrected chi connectivity index (χ3v) is 5.68. The fourth-order valence-electron chi connectivity index (χ4n) is 4.01. The highest BCUT2D eigenvalue weighted by atomic mass is 16.5. The first-order valence-corrected chi connectivity index (χ1v) is 10.1. The normalized spacial score (nSPS) is 14.7. The van der Waals surface area contributed by atoms with E-state index in [1.807, 2.05) is 4.90 Å². The van der Waals surface area contributed by atoms with Crippen molar-refractivity contribution in [1.82, 2.24) is 14.4 Å². The number of fused-ring (bicyclic) bond motifs is 1. The summed E-state index contributed by atoms with van der Waals surface area (Å²) in [7, 11) is 5.27. The van der Waals surface area contributed by atoms with Crippen LogP contribution in [0, 0.1) is 0 Å². The molecule has 1 saturated heterocycles. The number of aromatic nitrogens is 1. The van der Waals surface area contributed by atoms with Crippen molar-refractivity contribution in [1.29, 1.82) is 0 Å². The predicted molar refractivity (Wildman–Crippen MR) is 118 cm³/mol. The summed E-state index contributed by atoms with van der Waals surface area (Å²) in [4.78, 5) is 17.0. The standard InChI is InChI=1S/C23H28N4O3/c1-25-15-17(19-6-4-5-7-21(19)25)16-26-10-12-27(13-11-26)23(28)24-20-14-18(29-2)8-9-22(20)30-3/h4-9,14-15H,10-13,16H2,1-3H3,(H,24,28). The van der Waals surface area contributed by atoms with Crippen molar-refractivity contribution in [3.05, 3.63) is 54.2 Å². The smallest absolute Gasteiger partial charge is 0.322 e. The lowest BCUT2D eigenvalue weighted by Crippen LogP contribution is -2.49. The second kappa shape index (κ2) is 8.67. The lowest BCUT2D eigenvalue weighted by atomic mass is 10.1. The Hall–Kier alpha value is -3.19. The molecular formula is C23H28N4O3. The number of rotatable bonds is 5. The van der Waals surface area contributed by atoms with Gasteiger partial charge >= 0.3 is 6.03 Å². The maximum atomic E-state index is 12.8. The Balaban J connectivity index is 1.37. The van der Waals surface area contributed by atoms with Crippen LogP contribution in [0.5, 0.6) is 11.5 Å². The van der Waals surface area contributed by atoms with Gasteiger partial charge in [0.15, 0.2) is 0 Å². The molecule has 0 bridgehead atoms. The number of benzene rings is 2. The predicted octanol–water partition coefficient (Wildman–Crippen LogP) is 3.55. The monoisotopic (exact) mass is 408 g/mol. The number of carbonyl (C=O) groups is 1. The number of methoxy groups -OCH3 is 2. The molecule has 7 heteroatoms. The number of nitrogens with one attached hydrogen (secondary N) is 1. The molecule has 1 fully saturated rings. The molecule has 0 atom stereocenters. The maximum absolute atomic E-state index is 12.8. The summed E-state index contributed by atoms with van der Waals surface area (Å²) < 4.78 is 12.8. The molecule has 1 aromatic heterocycles. The maximum Gasteiger partial charge on any atom is 0.322 e. The van der Waals surface area contributed by atoms with E-state index < -0.39 is 0 Å². The minimum Gasteiger partial charge on any atom is -0.497 e. The Morgan fingerprint density at radius 1 is 1.03 bits per heavy atom. The van der Waals surface area contributed by atoms with Crippen molar-refractivity contribution in [2.24, 2.45) is 7.05 Å². The van der Waals surface area contributed by atoms with Gasteiger partial charge in [0, 0.05) is 62.9 Å². The zero-order valence-corrected chi connectivity index (χ0v) is 17.7. The topological polar surface area (TPSA) is 59.0 Å². The van der Waals surface area contributed by atoms with Crippen LogP contribution in [0.2, 0.25) is 0 Å². The summed E-state index contributed by atoms with van der Waals surface area (Å²) >= 11 is 0. The summed E-state index contributed by atoms with van der Waals surface area (Å²) in [5.74, 6) is 1.28. The van der Waals surface area contributed by atoms with Gasteiger partial charge in [-0.3, -0.25) is 4.90 Å². The first-order chi connectivity index (χ1) is 14.6. The van der Waals surface area contributed by atoms with Crippen LogP contribution in [0.3, 0.4) is 0 Å². The van der Waals surface area contributed by atoms with Crippen molar-refractivity contribution < 1.29 is 14.3 Å². The van der Waals surface area contributed by atoms with Crippen LogP contribution >= 0.6 is 0 Å². The highest BCUT2D eigenvalue weighted by Crippen LogP contribution is 2.29. The first kappa shape index (κ1) is 20.1. The second-order valence-electron chi connectivity index (χ2n) is 7.54. The van der Waals surface area contributed by atoms with Crippen molar-refractivity contribution >= 4 is 22.6 Å². The van der Waals surface area contributed by atoms with Crippen LogP contribution in [-0.2, 0) is 13.6 Å². The van der Waals surface area contributed by atoms with Crippen molar-refractivity contribution in [2.75, 3.05) is 45.7 Å². The van der Waals surface area contributed by atoms with Crippen LogP contribution in [-0.4, -0.2) is 60.8 Å². The Morgan fingerprint density at radius 3 is 2.53 bits per heavy atom. The summed E-state index contributed by atoms with van der Waals surface area (Å²) in [5, 5.41) is 4.25. The SMILES string of the molecule is COc1ccc(OC)c(NC(=O)N2CCN(Cc3cn(C)c4ccccc34)CC2)c1. The van der Waals surface area contributed by atoms with Crippen LogP contribution in [0.4, 0.5) is 10.5 Å². The molecule has 30 heavy (non-hydrogen) atoms. The molecule has 1 N–H and O–H groups in total. The molecule has 0 unspecified atom stereocenters. The second-order valence-corrected chi connectivity index (χ2v) is 7.54. The number of nitrogens with zero attached hydrogens (tertiary/aromatic N) is 3. The Morgan fingerprint density at radius 2 is 1.80 bits per heavy atom. The highest BCUT2D eigenvalue weighted by Gasteiger charge is 2.23. The lowest BCUT2D eigenvalue weighted by Gasteiger charge is -2.34. The van der Waals surface area contributed by atoms with Gasteiger partial charge in [0.25, 0.3) is 0 Å². The molecule has 0 radical (unpaired) electrons. The van der Waals surface area contributed by atoms with Crippen molar-refractivity contribution in [3.8, 4) is 11.5 Å². The molecule has 2 amide bonds. The Kier molecular flexibility index (Phi) is 5.81. The van der Waals surface area contributed by atoms with Gasteiger partial charge in [-0.15, -0.1) is 0 Å². The van der Waals surface area contributed by atoms with E-state index in [0.717, 1.165) is 19.6 Å². The molecule has 0 spiro atoms. The number of para-hydroxylation sites is 1. The number of anilines is 1. The summed E-state index contributed by atoms with van der Waals surface area (Å²) in [6.07, 6.45) is 2.21. The van der Waals surface area contributed by atoms with Gasteiger partial charge in [0.05, 0.1) is 19.9 Å². The van der Waals surface area contributed by atoms with E-state index in [2.05, 4.69) is 52.3 Å². The summed E-state index contributed by atoms with van der Waals surface area (Å²) in [6.45, 7) is 3.93. The average molecular weight is 409 g/mol. The number of piperazine rings is 1. The highest BCUT2D eigenvalue weighted by molar-refractivity contribution is 5.91. The molecule has 158 valence electrons. The number of aryl methyl sites for hydroxylation is 1. The molecule has 0 aliphatic carbocycles. The molecule has 2 aromatic carbocycles. The number of amides is 2. The van der Waals surface area contributed by atoms with E-state index in [9.17, 15) is 4.79 Å². The zero-order chi connectivity index (χ0) is 21.1. The van der Waals surface area contributed by atoms with Crippen LogP contribution < -0.4 is 14.8 Å². The van der Waals surface area contributed by atoms with E-state index in [-0.39, 0.29) is 6.03 Å². The zero-order valence-electron chi connectivity index (χ0n) is 17.7. The molecule has 2 heterocycles. The number of hydrogen-bond donors (Lipinski definition) is 1. The van der Waals surface area contributed by atoms with E-state index in [0.29, 0.717) is 30.3 Å². The van der Waals surface area contributed by atoms with Gasteiger partial charge in [-0.1, -0.05) is 18.2 Å². The van der Waals surface area contributed by atoms with Crippen molar-refractivity contribution in [3.63, 3.8) is 0 Å². The Labute approximate surface area is 176 Å². The van der Waals surface area contributed by atoms with E-state index in [4.69, 9.17) is 9.47 Å². The van der Waals surface area contributed by atoms with Crippen molar-refractivity contribution in [2.45, 2.75) is 6.54 Å². The quantitative estimate of drug-likeness (QED) is 0.702. The number of hydrogen-bond acceptors (Lipinski definition) is 4. The molecule has 3 aromatic rings. The third-order valence-electron chi connectivity index (χ3n) is 5.68. The Bertz CT molecular complexity index is 1040. The largest absolute Gasteiger partial charge is 0.497 e. The number of carbonyl (C=O) groups excluding carboxylic acids is 1. The average Bonchev–Trinajstić information content (AvgIpc) is 3.09. The van der Waals surface area contributed by atoms with Gasteiger partial charge in [-0.25, -0.2) is 4.79 Å². The van der Waals surface area contributed by atoms with Crippen LogP contribution in [0.15, 0.2) is 48.7 Å². The van der Waals surface area contributed by atoms with Gasteiger partial charge in [-0.05, 0) is 23.8 Å². The van der Waals surface area contributed by atoms with Crippen LogP contribution in [0.1, 0.15) is 5.56 Å². The van der Waals surface area contributed by atoms with Gasteiger partial charge in [-0.2, -0.15) is 0 Å². The molecule has 4 rings (SSSR count). The van der Waals surface area contributed by atoms with Gasteiger partial charge < -0.3 is 24.3 Å². The molecule has 0 saturated carbocycles. The third kappa shape index (κ3) is 4.07. The minimum atomic E-state index is -0.119. The fourth-order valence-corrected chi connectivity index (χ4v) is 4.01. The lowest BCUT2D eigenvalue weighted by molar-refractivity contribution is 0.143. The molecule has 1 aliphatic heterocycles. The summed E-state index contributed by atoms with van der Waals surface area (Å²) in [5.41, 5.74) is 3.19. The molecule has 7 nitrogen and oxygen atoms in total. The fraction of sp³-hybridized carbons (Fsp3) is 0.348. The summed E-state index contributed by atoms with van der Waals surface area (Å²) in [6, 6.07) is 13.7. The van der Waals surface area contributed by atoms with E-state index in [1.54, 1.807) is 32.4 Å². The number of ether oxygens (including phenoxy) is 2.